The normalized spacial score (nSPS) is 16.4. The highest BCUT2D eigenvalue weighted by Crippen LogP contribution is 2.29. The van der Waals surface area contributed by atoms with Gasteiger partial charge in [0, 0.05) is 26.2 Å². The highest BCUT2D eigenvalue weighted by molar-refractivity contribution is 5.50. The number of hydrogen-bond acceptors (Lipinski definition) is 4. The molecular weight excluding hydrogens is 300 g/mol. The van der Waals surface area contributed by atoms with E-state index in [2.05, 4.69) is 70.5 Å². The Labute approximate surface area is 143 Å². The summed E-state index contributed by atoms with van der Waals surface area (Å²) in [5, 5.41) is 0. The van der Waals surface area contributed by atoms with Gasteiger partial charge in [0.2, 0.25) is 0 Å². The lowest BCUT2D eigenvalue weighted by molar-refractivity contribution is -0.114. The smallest absolute Gasteiger partial charge is 0.145 e. The van der Waals surface area contributed by atoms with Gasteiger partial charge in [-0.3, -0.25) is 9.80 Å². The molecule has 1 aliphatic rings. The summed E-state index contributed by atoms with van der Waals surface area (Å²) in [7, 11) is 0. The largest absolute Gasteiger partial charge is 0.359 e. The molecule has 4 nitrogen and oxygen atoms in total. The van der Waals surface area contributed by atoms with Gasteiger partial charge in [-0.25, -0.2) is 0 Å². The summed E-state index contributed by atoms with van der Waals surface area (Å²) in [6.45, 7) is 4.59. The van der Waals surface area contributed by atoms with Gasteiger partial charge in [0.15, 0.2) is 0 Å². The fourth-order valence-corrected chi connectivity index (χ4v) is 3.27. The van der Waals surface area contributed by atoms with Gasteiger partial charge in [-0.15, -0.1) is 0 Å². The molecule has 1 aliphatic heterocycles. The molecule has 24 heavy (non-hydrogen) atoms. The summed E-state index contributed by atoms with van der Waals surface area (Å²) >= 11 is 0. The second-order valence-electron chi connectivity index (χ2n) is 6.04. The minimum Gasteiger partial charge on any atom is -0.359 e. The molecule has 126 valence electrons. The van der Waals surface area contributed by atoms with Crippen LogP contribution in [0.15, 0.2) is 60.7 Å². The van der Waals surface area contributed by atoms with Gasteiger partial charge in [-0.2, -0.15) is 0 Å². The van der Waals surface area contributed by atoms with Gasteiger partial charge in [0.25, 0.3) is 0 Å². The number of hydrogen-bond donors (Lipinski definition) is 0. The minimum absolute atomic E-state index is 0.177. The van der Waals surface area contributed by atoms with E-state index >= 15 is 0 Å². The van der Waals surface area contributed by atoms with Crippen molar-refractivity contribution in [1.29, 1.82) is 0 Å². The van der Waals surface area contributed by atoms with E-state index in [-0.39, 0.29) is 12.6 Å². The number of benzene rings is 2. The Morgan fingerprint density at radius 2 is 1.42 bits per heavy atom. The van der Waals surface area contributed by atoms with Gasteiger partial charge in [-0.05, 0) is 11.1 Å². The molecule has 0 radical (unpaired) electrons. The molecule has 4 heteroatoms. The maximum Gasteiger partial charge on any atom is 0.145 e. The maximum atomic E-state index is 10.3. The second-order valence-corrected chi connectivity index (χ2v) is 6.04. The lowest BCUT2D eigenvalue weighted by Gasteiger charge is -2.39. The van der Waals surface area contributed by atoms with Crippen LogP contribution in [0.4, 0.5) is 0 Å². The molecular formula is C20H24N2O2. The molecule has 0 amide bonds. The molecule has 0 saturated carbocycles. The number of ether oxygens (including phenoxy) is 1. The summed E-state index contributed by atoms with van der Waals surface area (Å²) in [4.78, 5) is 15.1. The van der Waals surface area contributed by atoms with Crippen LogP contribution in [0.25, 0.3) is 0 Å². The minimum atomic E-state index is 0.177. The molecule has 1 fully saturated rings. The average molecular weight is 324 g/mol. The highest BCUT2D eigenvalue weighted by Gasteiger charge is 2.26. The fourth-order valence-electron chi connectivity index (χ4n) is 3.27. The van der Waals surface area contributed by atoms with Crippen molar-refractivity contribution in [2.75, 3.05) is 39.5 Å². The quantitative estimate of drug-likeness (QED) is 0.579. The predicted molar refractivity (Wildman–Crippen MR) is 94.8 cm³/mol. The predicted octanol–water partition coefficient (Wildman–Crippen LogP) is 2.57. The number of rotatable bonds is 7. The van der Waals surface area contributed by atoms with Crippen LogP contribution in [0.5, 0.6) is 0 Å². The van der Waals surface area contributed by atoms with Crippen molar-refractivity contribution in [3.8, 4) is 0 Å². The van der Waals surface area contributed by atoms with E-state index in [1.165, 1.54) is 11.1 Å². The van der Waals surface area contributed by atoms with E-state index in [0.29, 0.717) is 6.73 Å². The van der Waals surface area contributed by atoms with Gasteiger partial charge >= 0.3 is 0 Å². The van der Waals surface area contributed by atoms with Crippen LogP contribution in [0.1, 0.15) is 17.2 Å². The fraction of sp³-hybridized carbons (Fsp3) is 0.350. The van der Waals surface area contributed by atoms with Crippen molar-refractivity contribution >= 4 is 6.29 Å². The molecule has 0 aliphatic carbocycles. The molecule has 3 rings (SSSR count). The molecule has 2 aromatic carbocycles. The van der Waals surface area contributed by atoms with Crippen LogP contribution in [0.2, 0.25) is 0 Å². The van der Waals surface area contributed by atoms with Crippen molar-refractivity contribution in [3.63, 3.8) is 0 Å². The summed E-state index contributed by atoms with van der Waals surface area (Å²) < 4.78 is 5.33. The van der Waals surface area contributed by atoms with Gasteiger partial charge in [0.1, 0.15) is 12.9 Å². The first-order valence-corrected chi connectivity index (χ1v) is 8.46. The summed E-state index contributed by atoms with van der Waals surface area (Å²) in [6, 6.07) is 21.7. The molecule has 2 aromatic rings. The molecule has 0 spiro atoms. The van der Waals surface area contributed by atoms with E-state index < -0.39 is 0 Å². The molecule has 0 aromatic heterocycles. The molecule has 0 unspecified atom stereocenters. The van der Waals surface area contributed by atoms with Crippen molar-refractivity contribution in [2.45, 2.75) is 6.04 Å². The van der Waals surface area contributed by atoms with Crippen molar-refractivity contribution in [1.82, 2.24) is 9.80 Å². The highest BCUT2D eigenvalue weighted by atomic mass is 16.5. The van der Waals surface area contributed by atoms with Crippen molar-refractivity contribution in [3.05, 3.63) is 71.8 Å². The van der Waals surface area contributed by atoms with Gasteiger partial charge < -0.3 is 9.53 Å². The Morgan fingerprint density at radius 1 is 0.875 bits per heavy atom. The molecule has 0 bridgehead atoms. The van der Waals surface area contributed by atoms with Crippen molar-refractivity contribution < 1.29 is 9.53 Å². The van der Waals surface area contributed by atoms with Crippen LogP contribution in [-0.2, 0) is 9.53 Å². The van der Waals surface area contributed by atoms with Gasteiger partial charge in [0.05, 0.1) is 12.8 Å². The zero-order chi connectivity index (χ0) is 16.6. The third-order valence-electron chi connectivity index (χ3n) is 4.46. The Bertz CT molecular complexity index is 571. The van der Waals surface area contributed by atoms with E-state index in [0.717, 1.165) is 32.5 Å². The SMILES string of the molecule is O=CCOCN1CCN(C(c2ccccc2)c2ccccc2)CC1. The van der Waals surface area contributed by atoms with Crippen molar-refractivity contribution in [2.24, 2.45) is 0 Å². The zero-order valence-electron chi connectivity index (χ0n) is 13.9. The summed E-state index contributed by atoms with van der Waals surface area (Å²) in [6.07, 6.45) is 0.803. The third kappa shape index (κ3) is 4.29. The first kappa shape index (κ1) is 16.8. The van der Waals surface area contributed by atoms with E-state index in [1.54, 1.807) is 0 Å². The first-order chi connectivity index (χ1) is 11.9. The van der Waals surface area contributed by atoms with E-state index in [9.17, 15) is 4.79 Å². The van der Waals surface area contributed by atoms with Crippen LogP contribution in [0.3, 0.4) is 0 Å². The molecule has 0 atom stereocenters. The Balaban J connectivity index is 1.70. The third-order valence-corrected chi connectivity index (χ3v) is 4.46. The first-order valence-electron chi connectivity index (χ1n) is 8.46. The number of aldehydes is 1. The lowest BCUT2D eigenvalue weighted by atomic mass is 9.96. The summed E-state index contributed by atoms with van der Waals surface area (Å²) in [5.41, 5.74) is 2.66. The van der Waals surface area contributed by atoms with Gasteiger partial charge in [-0.1, -0.05) is 60.7 Å². The van der Waals surface area contributed by atoms with Crippen LogP contribution < -0.4 is 0 Å². The summed E-state index contributed by atoms with van der Waals surface area (Å²) in [5.74, 6) is 0. The lowest BCUT2D eigenvalue weighted by Crippen LogP contribution is -2.48. The number of nitrogens with zero attached hydrogens (tertiary/aromatic N) is 2. The topological polar surface area (TPSA) is 32.8 Å². The Hall–Kier alpha value is -2.01. The average Bonchev–Trinajstić information content (AvgIpc) is 2.65. The monoisotopic (exact) mass is 324 g/mol. The zero-order valence-corrected chi connectivity index (χ0v) is 13.9. The molecule has 1 saturated heterocycles. The molecule has 0 N–H and O–H groups in total. The van der Waals surface area contributed by atoms with Crippen LogP contribution in [-0.4, -0.2) is 55.6 Å². The second kappa shape index (κ2) is 8.73. The van der Waals surface area contributed by atoms with E-state index in [4.69, 9.17) is 4.74 Å². The Kier molecular flexibility index (Phi) is 6.13. The van der Waals surface area contributed by atoms with E-state index in [1.807, 2.05) is 0 Å². The number of carbonyl (C=O) groups is 1. The number of piperazine rings is 1. The standard InChI is InChI=1S/C20H24N2O2/c23-15-16-24-17-21-11-13-22(14-12-21)20(18-7-3-1-4-8-18)19-9-5-2-6-10-19/h1-10,15,20H,11-14,16-17H2. The van der Waals surface area contributed by atoms with Crippen LogP contribution in [0, 0.1) is 0 Å². The number of carbonyl (C=O) groups excluding carboxylic acids is 1. The van der Waals surface area contributed by atoms with Crippen LogP contribution >= 0.6 is 0 Å². The maximum absolute atomic E-state index is 10.3. The Morgan fingerprint density at radius 3 is 1.92 bits per heavy atom. The molecule has 1 heterocycles.